The maximum absolute atomic E-state index is 13.5. The standard InChI is InChI=1S/C12H6F3NO5S/c13-9-5-11(15)12(6-10(9)14)22(19,20)21-8-3-1-2-7(4-8)16(17)18/h1-6H. The van der Waals surface area contributed by atoms with Crippen molar-refractivity contribution < 1.29 is 30.7 Å². The van der Waals surface area contributed by atoms with E-state index in [-0.39, 0.29) is 12.1 Å². The Kier molecular flexibility index (Phi) is 4.04. The van der Waals surface area contributed by atoms with Crippen molar-refractivity contribution in [1.82, 2.24) is 0 Å². The molecule has 0 saturated carbocycles. The quantitative estimate of drug-likeness (QED) is 0.372. The number of rotatable bonds is 4. The van der Waals surface area contributed by atoms with Crippen LogP contribution in [0.4, 0.5) is 18.9 Å². The predicted octanol–water partition coefficient (Wildman–Crippen LogP) is 2.78. The lowest BCUT2D eigenvalue weighted by Gasteiger charge is -2.08. The van der Waals surface area contributed by atoms with Crippen molar-refractivity contribution in [3.8, 4) is 5.75 Å². The lowest BCUT2D eigenvalue weighted by atomic mass is 10.3. The summed E-state index contributed by atoms with van der Waals surface area (Å²) in [5, 5.41) is 10.6. The minimum absolute atomic E-state index is 0.0546. The van der Waals surface area contributed by atoms with E-state index >= 15 is 0 Å². The summed E-state index contributed by atoms with van der Waals surface area (Å²) in [5.74, 6) is -5.17. The highest BCUT2D eigenvalue weighted by Crippen LogP contribution is 2.25. The molecule has 0 bridgehead atoms. The molecule has 0 saturated heterocycles. The second kappa shape index (κ2) is 5.64. The van der Waals surface area contributed by atoms with E-state index in [0.29, 0.717) is 0 Å². The number of nitro groups is 1. The Bertz CT molecular complexity index is 854. The first kappa shape index (κ1) is 15.8. The molecule has 0 atom stereocenters. The maximum Gasteiger partial charge on any atom is 0.342 e. The van der Waals surface area contributed by atoms with Crippen LogP contribution in [0.25, 0.3) is 0 Å². The molecule has 0 aliphatic rings. The Labute approximate surface area is 122 Å². The summed E-state index contributed by atoms with van der Waals surface area (Å²) >= 11 is 0. The lowest BCUT2D eigenvalue weighted by Crippen LogP contribution is -2.12. The minimum Gasteiger partial charge on any atom is -0.379 e. The van der Waals surface area contributed by atoms with Gasteiger partial charge in [-0.15, -0.1) is 0 Å². The Morgan fingerprint density at radius 3 is 2.27 bits per heavy atom. The molecule has 0 radical (unpaired) electrons. The topological polar surface area (TPSA) is 86.5 Å². The van der Waals surface area contributed by atoms with E-state index in [0.717, 1.165) is 24.3 Å². The zero-order valence-corrected chi connectivity index (χ0v) is 11.3. The van der Waals surface area contributed by atoms with Crippen LogP contribution in [0.5, 0.6) is 5.75 Å². The van der Waals surface area contributed by atoms with E-state index in [9.17, 15) is 31.7 Å². The van der Waals surface area contributed by atoms with Gasteiger partial charge in [0.15, 0.2) is 11.6 Å². The highest BCUT2D eigenvalue weighted by atomic mass is 32.2. The van der Waals surface area contributed by atoms with Crippen LogP contribution in [0.15, 0.2) is 41.3 Å². The Morgan fingerprint density at radius 1 is 1.00 bits per heavy atom. The Balaban J connectivity index is 2.42. The summed E-state index contributed by atoms with van der Waals surface area (Å²) in [6.07, 6.45) is 0. The van der Waals surface area contributed by atoms with Crippen molar-refractivity contribution in [3.63, 3.8) is 0 Å². The van der Waals surface area contributed by atoms with E-state index in [1.165, 1.54) is 0 Å². The number of nitrogens with zero attached hydrogens (tertiary/aromatic N) is 1. The third-order valence-corrected chi connectivity index (χ3v) is 3.74. The van der Waals surface area contributed by atoms with Gasteiger partial charge in [-0.05, 0) is 6.07 Å². The fraction of sp³-hybridized carbons (Fsp3) is 0. The van der Waals surface area contributed by atoms with Crippen LogP contribution in [0, 0.1) is 27.6 Å². The molecule has 2 rings (SSSR count). The van der Waals surface area contributed by atoms with Crippen LogP contribution < -0.4 is 4.18 Å². The zero-order chi connectivity index (χ0) is 16.5. The number of benzene rings is 2. The van der Waals surface area contributed by atoms with Gasteiger partial charge in [0, 0.05) is 18.2 Å². The molecule has 0 fully saturated rings. The van der Waals surface area contributed by atoms with Crippen molar-refractivity contribution in [3.05, 3.63) is 64.0 Å². The van der Waals surface area contributed by atoms with Gasteiger partial charge in [0.2, 0.25) is 0 Å². The van der Waals surface area contributed by atoms with Gasteiger partial charge in [-0.2, -0.15) is 8.42 Å². The average Bonchev–Trinajstić information content (AvgIpc) is 2.42. The zero-order valence-electron chi connectivity index (χ0n) is 10.5. The van der Waals surface area contributed by atoms with Gasteiger partial charge >= 0.3 is 10.1 Å². The normalized spacial score (nSPS) is 11.2. The largest absolute Gasteiger partial charge is 0.379 e. The van der Waals surface area contributed by atoms with Crippen molar-refractivity contribution in [2.45, 2.75) is 4.90 Å². The molecule has 22 heavy (non-hydrogen) atoms. The molecule has 0 amide bonds. The highest BCUT2D eigenvalue weighted by Gasteiger charge is 2.25. The second-order valence-corrected chi connectivity index (χ2v) is 5.50. The van der Waals surface area contributed by atoms with Gasteiger partial charge in [0.1, 0.15) is 16.5 Å². The fourth-order valence-electron chi connectivity index (χ4n) is 1.52. The van der Waals surface area contributed by atoms with Crippen LogP contribution in [0.2, 0.25) is 0 Å². The SMILES string of the molecule is O=[N+]([O-])c1cccc(OS(=O)(=O)c2cc(F)c(F)cc2F)c1. The third-order valence-electron chi connectivity index (χ3n) is 2.48. The van der Waals surface area contributed by atoms with Crippen LogP contribution >= 0.6 is 0 Å². The van der Waals surface area contributed by atoms with E-state index in [1.54, 1.807) is 0 Å². The van der Waals surface area contributed by atoms with E-state index in [4.69, 9.17) is 0 Å². The average molecular weight is 333 g/mol. The van der Waals surface area contributed by atoms with Crippen LogP contribution in [-0.2, 0) is 10.1 Å². The van der Waals surface area contributed by atoms with Gasteiger partial charge in [-0.3, -0.25) is 10.1 Å². The van der Waals surface area contributed by atoms with Gasteiger partial charge < -0.3 is 4.18 Å². The van der Waals surface area contributed by atoms with Crippen LogP contribution in [0.1, 0.15) is 0 Å². The summed E-state index contributed by atoms with van der Waals surface area (Å²) < 4.78 is 67.5. The first-order valence-corrected chi connectivity index (χ1v) is 6.95. The summed E-state index contributed by atoms with van der Waals surface area (Å²) in [6.45, 7) is 0. The molecule has 0 heterocycles. The molecule has 2 aromatic carbocycles. The monoisotopic (exact) mass is 333 g/mol. The number of non-ortho nitro benzene ring substituents is 1. The maximum atomic E-state index is 13.5. The van der Waals surface area contributed by atoms with Crippen LogP contribution in [-0.4, -0.2) is 13.3 Å². The van der Waals surface area contributed by atoms with Gasteiger partial charge in [0.25, 0.3) is 5.69 Å². The molecule has 0 N–H and O–H groups in total. The Hall–Kier alpha value is -2.62. The molecule has 0 aliphatic heterocycles. The summed E-state index contributed by atoms with van der Waals surface area (Å²) in [6, 6.07) is 4.26. The van der Waals surface area contributed by atoms with Crippen molar-refractivity contribution in [1.29, 1.82) is 0 Å². The molecule has 0 aromatic heterocycles. The summed E-state index contributed by atoms with van der Waals surface area (Å²) in [5.41, 5.74) is -0.460. The third kappa shape index (κ3) is 3.17. The number of halogens is 3. The number of hydrogen-bond acceptors (Lipinski definition) is 5. The second-order valence-electron chi connectivity index (χ2n) is 3.99. The van der Waals surface area contributed by atoms with Gasteiger partial charge in [0.05, 0.1) is 11.0 Å². The van der Waals surface area contributed by atoms with E-state index < -0.39 is 48.8 Å². The molecule has 0 aliphatic carbocycles. The molecule has 0 spiro atoms. The molecular weight excluding hydrogens is 327 g/mol. The molecule has 116 valence electrons. The van der Waals surface area contributed by atoms with E-state index in [1.807, 2.05) is 0 Å². The van der Waals surface area contributed by atoms with E-state index in [2.05, 4.69) is 4.18 Å². The molecule has 10 heteroatoms. The van der Waals surface area contributed by atoms with Crippen molar-refractivity contribution in [2.24, 2.45) is 0 Å². The molecule has 0 unspecified atom stereocenters. The molecule has 6 nitrogen and oxygen atoms in total. The summed E-state index contributed by atoms with van der Waals surface area (Å²) in [7, 11) is -4.83. The number of nitro benzene ring substituents is 1. The highest BCUT2D eigenvalue weighted by molar-refractivity contribution is 7.87. The van der Waals surface area contributed by atoms with Gasteiger partial charge in [-0.1, -0.05) is 6.07 Å². The van der Waals surface area contributed by atoms with Crippen molar-refractivity contribution in [2.75, 3.05) is 0 Å². The first-order chi connectivity index (χ1) is 10.2. The Morgan fingerprint density at radius 2 is 1.64 bits per heavy atom. The lowest BCUT2D eigenvalue weighted by molar-refractivity contribution is -0.384. The predicted molar refractivity (Wildman–Crippen MR) is 67.2 cm³/mol. The summed E-state index contributed by atoms with van der Waals surface area (Å²) in [4.78, 5) is 8.56. The van der Waals surface area contributed by atoms with Crippen LogP contribution in [0.3, 0.4) is 0 Å². The van der Waals surface area contributed by atoms with Gasteiger partial charge in [-0.25, -0.2) is 13.2 Å². The smallest absolute Gasteiger partial charge is 0.342 e. The first-order valence-electron chi connectivity index (χ1n) is 5.54. The number of hydrogen-bond donors (Lipinski definition) is 0. The minimum atomic E-state index is -4.83. The van der Waals surface area contributed by atoms with Crippen molar-refractivity contribution >= 4 is 15.8 Å². The molecular formula is C12H6F3NO5S. The fourth-order valence-corrected chi connectivity index (χ4v) is 2.51. The molecule has 2 aromatic rings.